The molecule has 0 amide bonds. The summed E-state index contributed by atoms with van der Waals surface area (Å²) in [6, 6.07) is 3.86. The molecule has 2 fully saturated rings. The fraction of sp³-hybridized carbons (Fsp3) is 0.619. The molecule has 0 saturated carbocycles. The Morgan fingerprint density at radius 2 is 1.66 bits per heavy atom. The molecule has 0 spiro atoms. The number of nitrogens with zero attached hydrogens (tertiary/aromatic N) is 3. The molecular weight excluding hydrogens is 369 g/mol. The fourth-order valence-corrected chi connectivity index (χ4v) is 4.00. The largest absolute Gasteiger partial charge is 0.493 e. The molecule has 0 bridgehead atoms. The lowest BCUT2D eigenvalue weighted by molar-refractivity contribution is 0.00578. The van der Waals surface area contributed by atoms with Gasteiger partial charge in [-0.05, 0) is 52.4 Å². The summed E-state index contributed by atoms with van der Waals surface area (Å²) < 4.78 is 23.1. The molecule has 8 heteroatoms. The van der Waals surface area contributed by atoms with Gasteiger partial charge >= 0.3 is 7.12 Å². The quantitative estimate of drug-likeness (QED) is 0.688. The third kappa shape index (κ3) is 3.64. The van der Waals surface area contributed by atoms with Gasteiger partial charge in [-0.2, -0.15) is 0 Å². The molecule has 2 aliphatic rings. The average Bonchev–Trinajstić information content (AvgIpc) is 2.85. The SMILES string of the molecule is COc1cc2ncnc(N3CC(CCB4OC(C)(C)C(C)(C)O4)C3)c2cc1OC. The van der Waals surface area contributed by atoms with Crippen molar-refractivity contribution in [1.29, 1.82) is 0 Å². The molecule has 3 heterocycles. The van der Waals surface area contributed by atoms with Crippen molar-refractivity contribution in [2.24, 2.45) is 5.92 Å². The first-order chi connectivity index (χ1) is 13.7. The van der Waals surface area contributed by atoms with E-state index in [-0.39, 0.29) is 18.3 Å². The monoisotopic (exact) mass is 399 g/mol. The number of benzene rings is 1. The molecule has 2 aliphatic heterocycles. The molecule has 2 aromatic rings. The van der Waals surface area contributed by atoms with Crippen LogP contribution in [0.5, 0.6) is 11.5 Å². The maximum Gasteiger partial charge on any atom is 0.457 e. The van der Waals surface area contributed by atoms with Crippen molar-refractivity contribution in [3.8, 4) is 11.5 Å². The minimum atomic E-state index is -0.261. The van der Waals surface area contributed by atoms with E-state index in [0.717, 1.165) is 42.6 Å². The minimum Gasteiger partial charge on any atom is -0.493 e. The summed E-state index contributed by atoms with van der Waals surface area (Å²) in [7, 11) is 3.15. The zero-order valence-corrected chi connectivity index (χ0v) is 18.2. The molecule has 0 atom stereocenters. The number of rotatable bonds is 6. The molecule has 0 radical (unpaired) electrons. The zero-order chi connectivity index (χ0) is 20.8. The van der Waals surface area contributed by atoms with Crippen LogP contribution in [0.3, 0.4) is 0 Å². The Kier molecular flexibility index (Phi) is 5.11. The van der Waals surface area contributed by atoms with Crippen LogP contribution >= 0.6 is 0 Å². The maximum atomic E-state index is 6.12. The highest BCUT2D eigenvalue weighted by atomic mass is 16.7. The summed E-state index contributed by atoms with van der Waals surface area (Å²) in [6.45, 7) is 10.3. The van der Waals surface area contributed by atoms with Gasteiger partial charge in [-0.3, -0.25) is 0 Å². The summed E-state index contributed by atoms with van der Waals surface area (Å²) in [6.07, 6.45) is 3.61. The van der Waals surface area contributed by atoms with Crippen molar-refractivity contribution in [2.75, 3.05) is 32.2 Å². The number of methoxy groups -OCH3 is 2. The van der Waals surface area contributed by atoms with E-state index in [4.69, 9.17) is 18.8 Å². The van der Waals surface area contributed by atoms with Gasteiger partial charge in [0.05, 0.1) is 30.9 Å². The minimum absolute atomic E-state index is 0.120. The second kappa shape index (κ2) is 7.33. The summed E-state index contributed by atoms with van der Waals surface area (Å²) in [5, 5.41) is 0.981. The van der Waals surface area contributed by atoms with Crippen molar-refractivity contribution < 1.29 is 18.8 Å². The molecule has 0 N–H and O–H groups in total. The second-order valence-corrected chi connectivity index (χ2v) is 8.96. The molecule has 156 valence electrons. The van der Waals surface area contributed by atoms with E-state index in [1.807, 2.05) is 12.1 Å². The normalized spacial score (nSPS) is 20.8. The van der Waals surface area contributed by atoms with Gasteiger partial charge in [-0.1, -0.05) is 0 Å². The van der Waals surface area contributed by atoms with E-state index >= 15 is 0 Å². The van der Waals surface area contributed by atoms with Gasteiger partial charge in [0, 0.05) is 24.5 Å². The van der Waals surface area contributed by atoms with Crippen molar-refractivity contribution in [3.05, 3.63) is 18.5 Å². The Labute approximate surface area is 172 Å². The third-order valence-corrected chi connectivity index (χ3v) is 6.49. The number of hydrogen-bond acceptors (Lipinski definition) is 7. The molecular formula is C21H30BN3O4. The Morgan fingerprint density at radius 3 is 2.28 bits per heavy atom. The lowest BCUT2D eigenvalue weighted by atomic mass is 9.78. The van der Waals surface area contributed by atoms with E-state index in [9.17, 15) is 0 Å². The van der Waals surface area contributed by atoms with Crippen molar-refractivity contribution in [2.45, 2.75) is 51.6 Å². The molecule has 2 saturated heterocycles. The zero-order valence-electron chi connectivity index (χ0n) is 18.2. The highest BCUT2D eigenvalue weighted by Gasteiger charge is 2.50. The lowest BCUT2D eigenvalue weighted by Gasteiger charge is -2.40. The average molecular weight is 399 g/mol. The first-order valence-corrected chi connectivity index (χ1v) is 10.2. The molecule has 0 unspecified atom stereocenters. The lowest BCUT2D eigenvalue weighted by Crippen LogP contribution is -2.47. The Hall–Kier alpha value is -2.06. The van der Waals surface area contributed by atoms with E-state index in [1.54, 1.807) is 20.5 Å². The van der Waals surface area contributed by atoms with Gasteiger partial charge in [0.25, 0.3) is 0 Å². The molecule has 7 nitrogen and oxygen atoms in total. The van der Waals surface area contributed by atoms with Gasteiger partial charge in [0.1, 0.15) is 12.1 Å². The summed E-state index contributed by atoms with van der Waals surface area (Å²) in [4.78, 5) is 11.2. The number of anilines is 1. The van der Waals surface area contributed by atoms with Crippen LogP contribution < -0.4 is 14.4 Å². The van der Waals surface area contributed by atoms with E-state index in [0.29, 0.717) is 17.4 Å². The Bertz CT molecular complexity index is 883. The number of fused-ring (bicyclic) bond motifs is 1. The number of ether oxygens (including phenoxy) is 2. The van der Waals surface area contributed by atoms with Crippen molar-refractivity contribution in [3.63, 3.8) is 0 Å². The molecule has 4 rings (SSSR count). The highest BCUT2D eigenvalue weighted by Crippen LogP contribution is 2.40. The maximum absolute atomic E-state index is 6.12. The third-order valence-electron chi connectivity index (χ3n) is 6.49. The first-order valence-electron chi connectivity index (χ1n) is 10.2. The van der Waals surface area contributed by atoms with Crippen molar-refractivity contribution >= 4 is 23.8 Å². The molecule has 0 aliphatic carbocycles. The topological polar surface area (TPSA) is 65.9 Å². The van der Waals surface area contributed by atoms with E-state index < -0.39 is 0 Å². The second-order valence-electron chi connectivity index (χ2n) is 8.96. The van der Waals surface area contributed by atoms with Gasteiger partial charge in [0.2, 0.25) is 0 Å². The predicted molar refractivity (Wildman–Crippen MR) is 114 cm³/mol. The van der Waals surface area contributed by atoms with Gasteiger partial charge in [-0.15, -0.1) is 0 Å². The van der Waals surface area contributed by atoms with E-state index in [1.165, 1.54) is 0 Å². The summed E-state index contributed by atoms with van der Waals surface area (Å²) in [5.74, 6) is 2.92. The predicted octanol–water partition coefficient (Wildman–Crippen LogP) is 3.57. The summed E-state index contributed by atoms with van der Waals surface area (Å²) >= 11 is 0. The first kappa shape index (κ1) is 20.2. The number of hydrogen-bond donors (Lipinski definition) is 0. The van der Waals surface area contributed by atoms with Gasteiger partial charge < -0.3 is 23.7 Å². The fourth-order valence-electron chi connectivity index (χ4n) is 4.00. The van der Waals surface area contributed by atoms with Gasteiger partial charge in [0.15, 0.2) is 11.5 Å². The van der Waals surface area contributed by atoms with E-state index in [2.05, 4.69) is 42.6 Å². The van der Waals surface area contributed by atoms with Crippen LogP contribution in [-0.4, -0.2) is 55.6 Å². The van der Waals surface area contributed by atoms with Crippen LogP contribution in [0, 0.1) is 5.92 Å². The number of aromatic nitrogens is 2. The van der Waals surface area contributed by atoms with Gasteiger partial charge in [-0.25, -0.2) is 9.97 Å². The highest BCUT2D eigenvalue weighted by molar-refractivity contribution is 6.45. The Balaban J connectivity index is 1.39. The Morgan fingerprint density at radius 1 is 1.03 bits per heavy atom. The summed E-state index contributed by atoms with van der Waals surface area (Å²) in [5.41, 5.74) is 0.334. The van der Waals surface area contributed by atoms with Crippen LogP contribution in [0.25, 0.3) is 10.9 Å². The van der Waals surface area contributed by atoms with Crippen LogP contribution in [0.2, 0.25) is 6.32 Å². The van der Waals surface area contributed by atoms with Crippen LogP contribution in [0.15, 0.2) is 18.5 Å². The molecule has 1 aromatic heterocycles. The molecule has 29 heavy (non-hydrogen) atoms. The van der Waals surface area contributed by atoms with Crippen LogP contribution in [0.4, 0.5) is 5.82 Å². The molecule has 1 aromatic carbocycles. The standard InChI is InChI=1S/C21H30BN3O4/c1-20(2)21(3,4)29-22(28-20)8-7-14-11-25(12-14)19-15-9-17(26-5)18(27-6)10-16(15)23-13-24-19/h9-10,13-14H,7-8,11-12H2,1-6H3. The van der Waals surface area contributed by atoms with Crippen LogP contribution in [0.1, 0.15) is 34.1 Å². The smallest absolute Gasteiger partial charge is 0.457 e. The van der Waals surface area contributed by atoms with Crippen molar-refractivity contribution in [1.82, 2.24) is 9.97 Å². The van der Waals surface area contributed by atoms with Crippen LogP contribution in [-0.2, 0) is 9.31 Å².